The summed E-state index contributed by atoms with van der Waals surface area (Å²) in [6.07, 6.45) is 43.0. The molecule has 0 spiro atoms. The topological polar surface area (TPSA) is 55.5 Å². The third kappa shape index (κ3) is 7.69. The molecule has 2 aliphatic heterocycles. The lowest BCUT2D eigenvalue weighted by molar-refractivity contribution is 0.394. The van der Waals surface area contributed by atoms with Crippen molar-refractivity contribution in [1.82, 2.24) is 15.2 Å². The fourth-order valence-electron chi connectivity index (χ4n) is 12.1. The number of hydrogen-bond donors (Lipinski definition) is 2. The van der Waals surface area contributed by atoms with Gasteiger partial charge in [-0.1, -0.05) is 158 Å². The van der Waals surface area contributed by atoms with E-state index in [0.717, 1.165) is 57.2 Å². The summed E-state index contributed by atoms with van der Waals surface area (Å²) in [5, 5.41) is 18.1. The van der Waals surface area contributed by atoms with Crippen molar-refractivity contribution in [2.75, 3.05) is 6.54 Å². The Kier molecular flexibility index (Phi) is 11.0. The number of dihydropyridines is 1. The van der Waals surface area contributed by atoms with Crippen molar-refractivity contribution in [3.63, 3.8) is 0 Å². The number of rotatable bonds is 8. The molecule has 342 valence electrons. The highest BCUT2D eigenvalue weighted by molar-refractivity contribution is 7.20. The van der Waals surface area contributed by atoms with E-state index in [0.29, 0.717) is 12.5 Å². The van der Waals surface area contributed by atoms with Crippen LogP contribution in [-0.2, 0) is 6.42 Å². The number of nitrogens with zero attached hydrogens (tertiary/aromatic N) is 3. The van der Waals surface area contributed by atoms with Crippen LogP contribution in [0.4, 0.5) is 0 Å². The van der Waals surface area contributed by atoms with E-state index >= 15 is 0 Å². The lowest BCUT2D eigenvalue weighted by Crippen LogP contribution is -2.48. The number of allylic oxidation sites excluding steroid dienone is 14. The molecule has 2 N–H and O–H groups in total. The highest BCUT2D eigenvalue weighted by Gasteiger charge is 2.33. The molecule has 4 aromatic carbocycles. The smallest absolute Gasteiger partial charge is 0.0560 e. The Labute approximate surface area is 410 Å². The fourth-order valence-corrected chi connectivity index (χ4v) is 13.4. The van der Waals surface area contributed by atoms with Crippen LogP contribution >= 0.6 is 11.3 Å². The number of thiophene rings is 1. The number of fused-ring (bicyclic) bond motifs is 7. The van der Waals surface area contributed by atoms with Gasteiger partial charge in [-0.15, -0.1) is 11.3 Å². The third-order valence-electron chi connectivity index (χ3n) is 15.4. The molecule has 0 bridgehead atoms. The first-order valence-corrected chi connectivity index (χ1v) is 26.3. The minimum atomic E-state index is -0.291. The molecule has 0 radical (unpaired) electrons. The Morgan fingerprint density at radius 1 is 0.768 bits per heavy atom. The van der Waals surface area contributed by atoms with Crippen molar-refractivity contribution in [3.8, 4) is 11.1 Å². The molecule has 5 aliphatic carbocycles. The van der Waals surface area contributed by atoms with Gasteiger partial charge in [0.1, 0.15) is 0 Å². The van der Waals surface area contributed by atoms with Crippen molar-refractivity contribution in [2.45, 2.75) is 76.7 Å². The monoisotopic (exact) mass is 916 g/mol. The molecule has 4 heterocycles. The molecule has 0 amide bonds. The summed E-state index contributed by atoms with van der Waals surface area (Å²) >= 11 is 1.97. The summed E-state index contributed by atoms with van der Waals surface area (Å²) < 4.78 is 3.95. The molecule has 69 heavy (non-hydrogen) atoms. The lowest BCUT2D eigenvalue weighted by atomic mass is 9.83. The van der Waals surface area contributed by atoms with Crippen molar-refractivity contribution < 1.29 is 0 Å². The van der Waals surface area contributed by atoms with Gasteiger partial charge in [0, 0.05) is 61.4 Å². The van der Waals surface area contributed by atoms with Crippen LogP contribution in [0.3, 0.4) is 0 Å². The quantitative estimate of drug-likeness (QED) is 0.150. The van der Waals surface area contributed by atoms with Gasteiger partial charge in [0.15, 0.2) is 0 Å². The molecule has 5 nitrogen and oxygen atoms in total. The van der Waals surface area contributed by atoms with Crippen molar-refractivity contribution in [3.05, 3.63) is 214 Å². The highest BCUT2D eigenvalue weighted by atomic mass is 32.1. The van der Waals surface area contributed by atoms with Crippen LogP contribution in [0.2, 0.25) is 0 Å². The zero-order valence-electron chi connectivity index (χ0n) is 39.3. The molecular weight excluding hydrogens is 859 g/mol. The average molecular weight is 917 g/mol. The molecular formula is C63H58N5S-. The van der Waals surface area contributed by atoms with Gasteiger partial charge in [0.05, 0.1) is 11.6 Å². The Hall–Kier alpha value is -6.73. The van der Waals surface area contributed by atoms with Crippen molar-refractivity contribution in [1.29, 1.82) is 0 Å². The van der Waals surface area contributed by atoms with Crippen molar-refractivity contribution in [2.24, 2.45) is 22.7 Å². The summed E-state index contributed by atoms with van der Waals surface area (Å²) in [5.41, 5.74) is 15.4. The number of benzene rings is 4. The second-order valence-electron chi connectivity index (χ2n) is 19.9. The lowest BCUT2D eigenvalue weighted by Gasteiger charge is -2.46. The predicted molar refractivity (Wildman–Crippen MR) is 293 cm³/mol. The van der Waals surface area contributed by atoms with E-state index in [4.69, 9.17) is 10.3 Å². The molecule has 6 heteroatoms. The summed E-state index contributed by atoms with van der Waals surface area (Å²) in [6.45, 7) is 3.12. The van der Waals surface area contributed by atoms with Crippen molar-refractivity contribution >= 4 is 65.8 Å². The van der Waals surface area contributed by atoms with Crippen LogP contribution in [0.1, 0.15) is 79.5 Å². The molecule has 6 atom stereocenters. The third-order valence-corrected chi connectivity index (χ3v) is 16.7. The van der Waals surface area contributed by atoms with Gasteiger partial charge in [0.25, 0.3) is 0 Å². The van der Waals surface area contributed by atoms with Crippen LogP contribution in [0.5, 0.6) is 0 Å². The normalized spacial score (nSPS) is 25.3. The van der Waals surface area contributed by atoms with E-state index in [1.807, 2.05) is 11.3 Å². The second-order valence-corrected chi connectivity index (χ2v) is 21.0. The predicted octanol–water partition coefficient (Wildman–Crippen LogP) is 15.5. The van der Waals surface area contributed by atoms with Gasteiger partial charge in [0.2, 0.25) is 0 Å². The van der Waals surface area contributed by atoms with Gasteiger partial charge in [-0.05, 0) is 144 Å². The van der Waals surface area contributed by atoms with Gasteiger partial charge < -0.3 is 25.5 Å². The number of aromatic nitrogens is 1. The maximum Gasteiger partial charge on any atom is 0.0560 e. The van der Waals surface area contributed by atoms with E-state index in [1.54, 1.807) is 0 Å². The molecule has 0 saturated carbocycles. The summed E-state index contributed by atoms with van der Waals surface area (Å²) in [5.74, 6) is 1.79. The Morgan fingerprint density at radius 3 is 2.48 bits per heavy atom. The maximum atomic E-state index is 5.68. The fraction of sp³-hybridized carbons (Fsp3) is 0.254. The Morgan fingerprint density at radius 2 is 1.65 bits per heavy atom. The molecule has 6 aromatic rings. The van der Waals surface area contributed by atoms with Gasteiger partial charge in [-0.25, -0.2) is 0 Å². The summed E-state index contributed by atoms with van der Waals surface area (Å²) in [7, 11) is 0. The maximum absolute atomic E-state index is 5.68. The SMILES string of the molecule is CC1C=C(C2=C(C3[N-]C(C4C=CCCC4)=NC(C4C=CC=CC4)N3)C=C(c3ccc(-c4ccccc4)c(C4=CCCC=C4)c3)CN2)c2sc3ccc4c(c5ccccc5n4C4C=CC=CC4)c3c2C1. The molecule has 13 rings (SSSR count). The van der Waals surface area contributed by atoms with Crippen LogP contribution in [-0.4, -0.2) is 29.3 Å². The van der Waals surface area contributed by atoms with Crippen LogP contribution < -0.4 is 10.6 Å². The molecule has 7 aliphatic rings. The highest BCUT2D eigenvalue weighted by Crippen LogP contribution is 2.50. The molecule has 6 unspecified atom stereocenters. The summed E-state index contributed by atoms with van der Waals surface area (Å²) in [6, 6.07) is 32.2. The average Bonchev–Trinajstić information content (AvgIpc) is 3.97. The number of para-hydroxylation sites is 1. The molecule has 0 saturated heterocycles. The molecule has 2 aromatic heterocycles. The zero-order chi connectivity index (χ0) is 45.8. The number of aliphatic imine (C=N–C) groups is 1. The van der Waals surface area contributed by atoms with Gasteiger partial charge in [-0.2, -0.15) is 0 Å². The van der Waals surface area contributed by atoms with E-state index in [-0.39, 0.29) is 30.2 Å². The van der Waals surface area contributed by atoms with E-state index in [1.165, 1.54) is 92.6 Å². The first-order valence-electron chi connectivity index (χ1n) is 25.5. The summed E-state index contributed by atoms with van der Waals surface area (Å²) in [4.78, 5) is 6.84. The van der Waals surface area contributed by atoms with Crippen LogP contribution in [0.25, 0.3) is 65.1 Å². The van der Waals surface area contributed by atoms with Gasteiger partial charge >= 0.3 is 0 Å². The Balaban J connectivity index is 0.993. The first kappa shape index (κ1) is 42.4. The second kappa shape index (κ2) is 18.0. The zero-order valence-corrected chi connectivity index (χ0v) is 40.1. The number of nitrogens with one attached hydrogen (secondary N) is 2. The molecule has 0 fully saturated rings. The van der Waals surface area contributed by atoms with E-state index in [2.05, 4.69) is 198 Å². The largest absolute Gasteiger partial charge is 0.452 e. The Bertz CT molecular complexity index is 3390. The van der Waals surface area contributed by atoms with Crippen LogP contribution in [0, 0.1) is 17.8 Å². The minimum Gasteiger partial charge on any atom is -0.452 e. The first-order chi connectivity index (χ1) is 34.1. The van der Waals surface area contributed by atoms with Crippen LogP contribution in [0.15, 0.2) is 192 Å². The standard InChI is InChI=1S/C63H58N5S/c1-40-35-51-58-56(34-33-55-57(58)49-29-17-18-30-54(49)68(55)47-27-15-6-16-28-47)69-60(51)52(36-40)59-53(63-66-61(43-23-11-4-12-24-43)65-62(67-63)44-25-13-5-14-26-44)38-46(39-64-59)45-31-32-48(41-19-7-2-8-20-41)50(37-45)42-21-9-3-10-22-42/h2,4,6-9,11-13,15-23,25,27,29-34,36-38,40,43-44,47,61,63-64,66H,3,5,10,14,24,26,28,35,39H2,1H3/q-1. The number of amidine groups is 1. The van der Waals surface area contributed by atoms with E-state index in [9.17, 15) is 0 Å². The van der Waals surface area contributed by atoms with Gasteiger partial charge in [-0.3, -0.25) is 0 Å². The van der Waals surface area contributed by atoms with E-state index < -0.39 is 0 Å². The number of hydrogen-bond acceptors (Lipinski definition) is 4. The minimum absolute atomic E-state index is 0.0902.